The van der Waals surface area contributed by atoms with E-state index in [1.54, 1.807) is 42.5 Å². The van der Waals surface area contributed by atoms with Crippen molar-refractivity contribution in [3.8, 4) is 11.5 Å². The molecule has 0 bridgehead atoms. The fraction of sp³-hybridized carbons (Fsp3) is 0.273. The Bertz CT molecular complexity index is 1200. The summed E-state index contributed by atoms with van der Waals surface area (Å²) in [5, 5.41) is 10.2. The Morgan fingerprint density at radius 1 is 1.15 bits per heavy atom. The van der Waals surface area contributed by atoms with Gasteiger partial charge in [0, 0.05) is 24.1 Å². The van der Waals surface area contributed by atoms with Gasteiger partial charge in [-0.15, -0.1) is 0 Å². The number of ether oxygens (including phenoxy) is 2. The van der Waals surface area contributed by atoms with Gasteiger partial charge in [0.2, 0.25) is 6.79 Å². The highest BCUT2D eigenvalue weighted by molar-refractivity contribution is 6.30. The third-order valence-electron chi connectivity index (χ3n) is 5.58. The molecule has 1 aromatic heterocycles. The van der Waals surface area contributed by atoms with E-state index in [2.05, 4.69) is 15.7 Å². The first kappa shape index (κ1) is 21.4. The fourth-order valence-corrected chi connectivity index (χ4v) is 4.05. The number of rotatable bonds is 4. The van der Waals surface area contributed by atoms with Crippen molar-refractivity contribution in [2.75, 3.05) is 12.1 Å². The minimum absolute atomic E-state index is 0.107. The van der Waals surface area contributed by atoms with Gasteiger partial charge < -0.3 is 20.1 Å². The van der Waals surface area contributed by atoms with Crippen LogP contribution in [0.3, 0.4) is 0 Å². The summed E-state index contributed by atoms with van der Waals surface area (Å²) >= 11 is 5.90. The maximum absolute atomic E-state index is 13.8. The molecule has 0 saturated carbocycles. The van der Waals surface area contributed by atoms with Crippen LogP contribution < -0.4 is 20.1 Å². The number of fused-ring (bicyclic) bond motifs is 2. The first-order valence-corrected chi connectivity index (χ1v) is 10.5. The molecule has 172 valence electrons. The minimum atomic E-state index is -4.53. The van der Waals surface area contributed by atoms with Crippen LogP contribution in [0.4, 0.5) is 19.0 Å². The van der Waals surface area contributed by atoms with E-state index in [9.17, 15) is 18.0 Å². The topological polar surface area (TPSA) is 77.4 Å². The Balaban J connectivity index is 1.35. The Labute approximate surface area is 191 Å². The Morgan fingerprint density at radius 2 is 1.91 bits per heavy atom. The molecule has 0 fully saturated rings. The molecule has 0 unspecified atom stereocenters. The fourth-order valence-electron chi connectivity index (χ4n) is 3.92. The molecule has 33 heavy (non-hydrogen) atoms. The largest absolute Gasteiger partial charge is 0.454 e. The lowest BCUT2D eigenvalue weighted by molar-refractivity contribution is -0.173. The summed E-state index contributed by atoms with van der Waals surface area (Å²) in [4.78, 5) is 12.6. The van der Waals surface area contributed by atoms with E-state index in [1.165, 1.54) is 6.07 Å². The molecule has 2 aliphatic rings. The molecule has 2 atom stereocenters. The van der Waals surface area contributed by atoms with Gasteiger partial charge in [-0.25, -0.2) is 4.68 Å². The average Bonchev–Trinajstić information content (AvgIpc) is 3.43. The Morgan fingerprint density at radius 3 is 2.67 bits per heavy atom. The summed E-state index contributed by atoms with van der Waals surface area (Å²) < 4.78 is 52.9. The summed E-state index contributed by atoms with van der Waals surface area (Å²) in [6.07, 6.45) is -4.80. The number of nitrogens with one attached hydrogen (secondary N) is 2. The number of carbonyl (C=O) groups is 1. The van der Waals surface area contributed by atoms with Crippen molar-refractivity contribution >= 4 is 23.3 Å². The predicted octanol–water partition coefficient (Wildman–Crippen LogP) is 4.86. The SMILES string of the molecule is O=C(NCc1ccc2c(c1)OCO2)c1cc2n(n1)[C@@H](C(F)(F)F)C[C@H](c1ccc(Cl)cc1)N2. The molecule has 0 spiro atoms. The molecule has 1 amide bonds. The van der Waals surface area contributed by atoms with Crippen LogP contribution in [0.2, 0.25) is 5.02 Å². The molecule has 7 nitrogen and oxygen atoms in total. The lowest BCUT2D eigenvalue weighted by atomic mass is 9.97. The molecule has 2 aromatic carbocycles. The molecule has 3 aromatic rings. The normalized spacial score (nSPS) is 19.0. The van der Waals surface area contributed by atoms with Gasteiger partial charge in [-0.1, -0.05) is 29.8 Å². The third-order valence-corrected chi connectivity index (χ3v) is 5.84. The van der Waals surface area contributed by atoms with Crippen LogP contribution >= 0.6 is 11.6 Å². The van der Waals surface area contributed by atoms with Crippen molar-refractivity contribution in [2.45, 2.75) is 31.2 Å². The molecule has 5 rings (SSSR count). The minimum Gasteiger partial charge on any atom is -0.454 e. The van der Waals surface area contributed by atoms with E-state index in [0.717, 1.165) is 10.2 Å². The lowest BCUT2D eigenvalue weighted by Crippen LogP contribution is -2.35. The quantitative estimate of drug-likeness (QED) is 0.560. The van der Waals surface area contributed by atoms with Gasteiger partial charge in [0.25, 0.3) is 5.91 Å². The second-order valence-corrected chi connectivity index (χ2v) is 8.21. The summed E-state index contributed by atoms with van der Waals surface area (Å²) in [7, 11) is 0. The number of alkyl halides is 3. The Kier molecular flexibility index (Phi) is 5.32. The van der Waals surface area contributed by atoms with Crippen molar-refractivity contribution in [1.29, 1.82) is 0 Å². The summed E-state index contributed by atoms with van der Waals surface area (Å²) in [6.45, 7) is 0.289. The van der Waals surface area contributed by atoms with Crippen molar-refractivity contribution in [1.82, 2.24) is 15.1 Å². The monoisotopic (exact) mass is 478 g/mol. The standard InChI is InChI=1S/C22H18ClF3N4O3/c23-14-4-2-13(3-5-14)15-8-19(22(24,25)26)30-20(28-15)9-16(29-30)21(31)27-10-12-1-6-17-18(7-12)33-11-32-17/h1-7,9,15,19,28H,8,10-11H2,(H,27,31)/t15-,19-/m1/s1. The van der Waals surface area contributed by atoms with E-state index in [1.807, 2.05) is 0 Å². The first-order valence-electron chi connectivity index (χ1n) is 10.1. The second-order valence-electron chi connectivity index (χ2n) is 7.77. The predicted molar refractivity (Wildman–Crippen MR) is 113 cm³/mol. The second kappa shape index (κ2) is 8.18. The van der Waals surface area contributed by atoms with Crippen LogP contribution in [0, 0.1) is 0 Å². The number of hydrogen-bond acceptors (Lipinski definition) is 5. The van der Waals surface area contributed by atoms with E-state index in [4.69, 9.17) is 21.1 Å². The van der Waals surface area contributed by atoms with Crippen molar-refractivity contribution in [2.24, 2.45) is 0 Å². The van der Waals surface area contributed by atoms with E-state index < -0.39 is 24.2 Å². The zero-order valence-corrected chi connectivity index (χ0v) is 17.8. The number of carbonyl (C=O) groups excluding carboxylic acids is 1. The van der Waals surface area contributed by atoms with Gasteiger partial charge in [-0.05, 0) is 35.4 Å². The van der Waals surface area contributed by atoms with Crippen LogP contribution in [0.5, 0.6) is 11.5 Å². The summed E-state index contributed by atoms with van der Waals surface area (Å²) in [6, 6.07) is 10.7. The average molecular weight is 479 g/mol. The van der Waals surface area contributed by atoms with Gasteiger partial charge in [-0.2, -0.15) is 18.3 Å². The molecular weight excluding hydrogens is 461 g/mol. The van der Waals surface area contributed by atoms with Crippen LogP contribution in [-0.2, 0) is 6.54 Å². The van der Waals surface area contributed by atoms with E-state index in [0.29, 0.717) is 22.1 Å². The zero-order valence-electron chi connectivity index (χ0n) is 17.0. The van der Waals surface area contributed by atoms with Crippen LogP contribution in [0.15, 0.2) is 48.5 Å². The summed E-state index contributed by atoms with van der Waals surface area (Å²) in [5.74, 6) is 0.730. The lowest BCUT2D eigenvalue weighted by Gasteiger charge is -2.33. The molecule has 0 saturated heterocycles. The van der Waals surface area contributed by atoms with Crippen molar-refractivity contribution < 1.29 is 27.4 Å². The molecule has 11 heteroatoms. The maximum Gasteiger partial charge on any atom is 0.410 e. The molecule has 0 aliphatic carbocycles. The number of benzene rings is 2. The van der Waals surface area contributed by atoms with Crippen LogP contribution in [0.1, 0.15) is 40.1 Å². The molecular formula is C22H18ClF3N4O3. The maximum atomic E-state index is 13.8. The highest BCUT2D eigenvalue weighted by Gasteiger charge is 2.46. The first-order chi connectivity index (χ1) is 15.8. The number of anilines is 1. The van der Waals surface area contributed by atoms with Gasteiger partial charge in [0.1, 0.15) is 5.82 Å². The molecule has 2 N–H and O–H groups in total. The third kappa shape index (κ3) is 4.30. The number of hydrogen-bond donors (Lipinski definition) is 2. The van der Waals surface area contributed by atoms with Gasteiger partial charge in [0.05, 0.1) is 6.04 Å². The molecule has 3 heterocycles. The van der Waals surface area contributed by atoms with E-state index in [-0.39, 0.29) is 31.3 Å². The Hall–Kier alpha value is -3.40. The summed E-state index contributed by atoms with van der Waals surface area (Å²) in [5.41, 5.74) is 1.31. The van der Waals surface area contributed by atoms with Gasteiger partial charge in [0.15, 0.2) is 23.2 Å². The molecule has 2 aliphatic heterocycles. The van der Waals surface area contributed by atoms with Gasteiger partial charge in [-0.3, -0.25) is 4.79 Å². The smallest absolute Gasteiger partial charge is 0.410 e. The van der Waals surface area contributed by atoms with E-state index >= 15 is 0 Å². The molecule has 0 radical (unpaired) electrons. The number of nitrogens with zero attached hydrogens (tertiary/aromatic N) is 2. The number of aromatic nitrogens is 2. The van der Waals surface area contributed by atoms with Crippen molar-refractivity contribution in [3.05, 3.63) is 70.4 Å². The highest BCUT2D eigenvalue weighted by atomic mass is 35.5. The van der Waals surface area contributed by atoms with Gasteiger partial charge >= 0.3 is 6.18 Å². The zero-order chi connectivity index (χ0) is 23.2. The number of halogens is 4. The van der Waals surface area contributed by atoms with Crippen LogP contribution in [0.25, 0.3) is 0 Å². The highest BCUT2D eigenvalue weighted by Crippen LogP contribution is 2.43. The van der Waals surface area contributed by atoms with Crippen LogP contribution in [-0.4, -0.2) is 28.7 Å². The number of amides is 1. The van der Waals surface area contributed by atoms with Crippen molar-refractivity contribution in [3.63, 3.8) is 0 Å².